The van der Waals surface area contributed by atoms with E-state index in [2.05, 4.69) is 17.9 Å². The number of benzene rings is 1. The lowest BCUT2D eigenvalue weighted by Crippen LogP contribution is -2.35. The van der Waals surface area contributed by atoms with Crippen LogP contribution in [0.1, 0.15) is 27.4 Å². The second kappa shape index (κ2) is 6.07. The molecule has 1 amide bonds. The summed E-state index contributed by atoms with van der Waals surface area (Å²) in [5, 5.41) is 4.87. The topological polar surface area (TPSA) is 29.1 Å². The van der Waals surface area contributed by atoms with Crippen molar-refractivity contribution in [3.63, 3.8) is 0 Å². The number of thiophene rings is 1. The molecular weight excluding hydrogens is 262 g/mol. The minimum Gasteiger partial charge on any atom is -0.347 e. The van der Waals surface area contributed by atoms with Gasteiger partial charge < -0.3 is 5.32 Å². The number of rotatable bonds is 4. The summed E-state index contributed by atoms with van der Waals surface area (Å²) in [6.45, 7) is 1.97. The van der Waals surface area contributed by atoms with Gasteiger partial charge in [0.15, 0.2) is 0 Å². The maximum Gasteiger partial charge on any atom is 0.261 e. The quantitative estimate of drug-likeness (QED) is 0.822. The Morgan fingerprint density at radius 3 is 2.56 bits per heavy atom. The number of hydrogen-bond donors (Lipinski definition) is 2. The van der Waals surface area contributed by atoms with E-state index in [9.17, 15) is 4.79 Å². The van der Waals surface area contributed by atoms with Gasteiger partial charge >= 0.3 is 0 Å². The van der Waals surface area contributed by atoms with Crippen LogP contribution in [0.3, 0.4) is 0 Å². The summed E-state index contributed by atoms with van der Waals surface area (Å²) in [7, 11) is 0. The Balaban J connectivity index is 2.00. The van der Waals surface area contributed by atoms with Crippen LogP contribution in [0.15, 0.2) is 47.8 Å². The SMILES string of the molecule is C[C@@H](NC(=O)c1cccs1)[C@H](S)c1ccccc1. The normalized spacial score (nSPS) is 13.9. The fraction of sp³-hybridized carbons (Fsp3) is 0.214. The third kappa shape index (κ3) is 3.15. The first-order valence-corrected chi connectivity index (χ1v) is 7.15. The highest BCUT2D eigenvalue weighted by Gasteiger charge is 2.18. The summed E-state index contributed by atoms with van der Waals surface area (Å²) in [5.41, 5.74) is 1.11. The van der Waals surface area contributed by atoms with E-state index in [1.165, 1.54) is 11.3 Å². The lowest BCUT2D eigenvalue weighted by Gasteiger charge is -2.20. The Morgan fingerprint density at radius 2 is 1.94 bits per heavy atom. The zero-order valence-corrected chi connectivity index (χ0v) is 11.7. The van der Waals surface area contributed by atoms with Crippen molar-refractivity contribution in [1.82, 2.24) is 5.32 Å². The first-order chi connectivity index (χ1) is 8.68. The number of hydrogen-bond acceptors (Lipinski definition) is 3. The van der Waals surface area contributed by atoms with Gasteiger partial charge in [-0.1, -0.05) is 36.4 Å². The molecule has 1 heterocycles. The number of carbonyl (C=O) groups is 1. The van der Waals surface area contributed by atoms with Crippen molar-refractivity contribution in [2.45, 2.75) is 18.2 Å². The molecule has 2 atom stereocenters. The van der Waals surface area contributed by atoms with Gasteiger partial charge in [-0.3, -0.25) is 4.79 Å². The molecule has 4 heteroatoms. The molecule has 0 unspecified atom stereocenters. The third-order valence-electron chi connectivity index (χ3n) is 2.72. The Bertz CT molecular complexity index is 496. The Morgan fingerprint density at radius 1 is 1.22 bits per heavy atom. The Labute approximate surface area is 116 Å². The number of carbonyl (C=O) groups excluding carboxylic acids is 1. The summed E-state index contributed by atoms with van der Waals surface area (Å²) in [6, 6.07) is 13.6. The van der Waals surface area contributed by atoms with Gasteiger partial charge in [-0.25, -0.2) is 0 Å². The molecule has 1 aromatic carbocycles. The highest BCUT2D eigenvalue weighted by Crippen LogP contribution is 2.23. The molecule has 0 saturated carbocycles. The molecule has 1 aromatic heterocycles. The average Bonchev–Trinajstić information content (AvgIpc) is 2.92. The highest BCUT2D eigenvalue weighted by atomic mass is 32.1. The van der Waals surface area contributed by atoms with E-state index >= 15 is 0 Å². The molecule has 94 valence electrons. The van der Waals surface area contributed by atoms with Gasteiger partial charge in [0, 0.05) is 11.3 Å². The molecule has 0 fully saturated rings. The predicted octanol–water partition coefficient (Wildman–Crippen LogP) is 3.54. The van der Waals surface area contributed by atoms with Gasteiger partial charge in [0.1, 0.15) is 0 Å². The molecule has 0 radical (unpaired) electrons. The number of nitrogens with one attached hydrogen (secondary N) is 1. The van der Waals surface area contributed by atoms with Crippen LogP contribution in [-0.4, -0.2) is 11.9 Å². The van der Waals surface area contributed by atoms with E-state index in [0.29, 0.717) is 0 Å². The van der Waals surface area contributed by atoms with E-state index in [-0.39, 0.29) is 17.2 Å². The van der Waals surface area contributed by atoms with E-state index in [0.717, 1.165) is 10.4 Å². The summed E-state index contributed by atoms with van der Waals surface area (Å²) in [6.07, 6.45) is 0. The van der Waals surface area contributed by atoms with Crippen LogP contribution in [0.5, 0.6) is 0 Å². The summed E-state index contributed by atoms with van der Waals surface area (Å²) in [4.78, 5) is 12.6. The van der Waals surface area contributed by atoms with E-state index in [1.807, 2.05) is 54.8 Å². The van der Waals surface area contributed by atoms with Crippen molar-refractivity contribution in [2.24, 2.45) is 0 Å². The highest BCUT2D eigenvalue weighted by molar-refractivity contribution is 7.80. The van der Waals surface area contributed by atoms with Gasteiger partial charge in [0.2, 0.25) is 0 Å². The monoisotopic (exact) mass is 277 g/mol. The standard InChI is InChI=1S/C14H15NOS2/c1-10(13(17)11-6-3-2-4-7-11)15-14(16)12-8-5-9-18-12/h2-10,13,17H,1H3,(H,15,16)/t10-,13+/m1/s1. The van der Waals surface area contributed by atoms with E-state index in [1.54, 1.807) is 0 Å². The predicted molar refractivity (Wildman–Crippen MR) is 79.4 cm³/mol. The van der Waals surface area contributed by atoms with E-state index < -0.39 is 0 Å². The van der Waals surface area contributed by atoms with Crippen LogP contribution >= 0.6 is 24.0 Å². The molecule has 0 aliphatic carbocycles. The maximum absolute atomic E-state index is 11.9. The molecule has 0 saturated heterocycles. The number of thiol groups is 1. The minimum absolute atomic E-state index is 0.00453. The second-order valence-electron chi connectivity index (χ2n) is 4.09. The van der Waals surface area contributed by atoms with Crippen LogP contribution in [0.25, 0.3) is 0 Å². The molecule has 2 aromatic rings. The van der Waals surface area contributed by atoms with E-state index in [4.69, 9.17) is 0 Å². The Hall–Kier alpha value is -1.26. The first-order valence-electron chi connectivity index (χ1n) is 5.76. The zero-order chi connectivity index (χ0) is 13.0. The molecular formula is C14H15NOS2. The summed E-state index contributed by atoms with van der Waals surface area (Å²) < 4.78 is 0. The van der Waals surface area contributed by atoms with Gasteiger partial charge in [0.05, 0.1) is 4.88 Å². The van der Waals surface area contributed by atoms with Gasteiger partial charge in [0.25, 0.3) is 5.91 Å². The van der Waals surface area contributed by atoms with Crippen LogP contribution < -0.4 is 5.32 Å². The molecule has 2 rings (SSSR count). The van der Waals surface area contributed by atoms with Crippen LogP contribution in [-0.2, 0) is 0 Å². The zero-order valence-electron chi connectivity index (χ0n) is 10.0. The minimum atomic E-state index is -0.0347. The summed E-state index contributed by atoms with van der Waals surface area (Å²) in [5.74, 6) is -0.0347. The molecule has 0 aliphatic rings. The van der Waals surface area contributed by atoms with Gasteiger partial charge in [-0.2, -0.15) is 12.6 Å². The molecule has 2 nitrogen and oxygen atoms in total. The fourth-order valence-corrected chi connectivity index (χ4v) is 2.58. The van der Waals surface area contributed by atoms with Crippen LogP contribution in [0.4, 0.5) is 0 Å². The first kappa shape index (κ1) is 13.2. The largest absolute Gasteiger partial charge is 0.347 e. The number of amides is 1. The van der Waals surface area contributed by atoms with Crippen LogP contribution in [0, 0.1) is 0 Å². The lowest BCUT2D eigenvalue weighted by atomic mass is 10.1. The summed E-state index contributed by atoms with van der Waals surface area (Å²) >= 11 is 6.02. The van der Waals surface area contributed by atoms with Crippen molar-refractivity contribution in [3.8, 4) is 0 Å². The maximum atomic E-state index is 11.9. The van der Waals surface area contributed by atoms with Crippen molar-refractivity contribution in [3.05, 3.63) is 58.3 Å². The van der Waals surface area contributed by atoms with Crippen molar-refractivity contribution in [2.75, 3.05) is 0 Å². The molecule has 0 bridgehead atoms. The van der Waals surface area contributed by atoms with Crippen molar-refractivity contribution in [1.29, 1.82) is 0 Å². The van der Waals surface area contributed by atoms with Gasteiger partial charge in [-0.05, 0) is 23.9 Å². The fourth-order valence-electron chi connectivity index (χ4n) is 1.70. The Kier molecular flexibility index (Phi) is 4.44. The third-order valence-corrected chi connectivity index (χ3v) is 4.33. The average molecular weight is 277 g/mol. The van der Waals surface area contributed by atoms with Crippen molar-refractivity contribution < 1.29 is 4.79 Å². The van der Waals surface area contributed by atoms with Crippen LogP contribution in [0.2, 0.25) is 0 Å². The lowest BCUT2D eigenvalue weighted by molar-refractivity contribution is 0.0943. The molecule has 1 N–H and O–H groups in total. The van der Waals surface area contributed by atoms with Crippen molar-refractivity contribution >= 4 is 29.9 Å². The second-order valence-corrected chi connectivity index (χ2v) is 5.60. The smallest absolute Gasteiger partial charge is 0.261 e. The molecule has 0 aliphatic heterocycles. The molecule has 18 heavy (non-hydrogen) atoms. The van der Waals surface area contributed by atoms with Gasteiger partial charge in [-0.15, -0.1) is 11.3 Å². The molecule has 0 spiro atoms.